The summed E-state index contributed by atoms with van der Waals surface area (Å²) in [7, 11) is 0. The minimum atomic E-state index is -0.461. The fraction of sp³-hybridized carbons (Fsp3) is 0.611. The molecule has 2 amide bonds. The van der Waals surface area contributed by atoms with E-state index in [4.69, 9.17) is 9.15 Å². The van der Waals surface area contributed by atoms with Crippen LogP contribution in [0, 0.1) is 6.92 Å². The van der Waals surface area contributed by atoms with Crippen LogP contribution in [0.1, 0.15) is 64.8 Å². The number of nitrogens with one attached hydrogen (secondary N) is 1. The van der Waals surface area contributed by atoms with Gasteiger partial charge < -0.3 is 19.4 Å². The zero-order valence-electron chi connectivity index (χ0n) is 14.7. The Balaban J connectivity index is 1.73. The molecule has 7 nitrogen and oxygen atoms in total. The number of hydrogen-bond donors (Lipinski definition) is 1. The first-order chi connectivity index (χ1) is 12.0. The van der Waals surface area contributed by atoms with Crippen LogP contribution in [0.5, 0.6) is 0 Å². The van der Waals surface area contributed by atoms with Gasteiger partial charge in [0.1, 0.15) is 5.76 Å². The minimum Gasteiger partial charge on any atom is -0.455 e. The molecule has 1 saturated heterocycles. The summed E-state index contributed by atoms with van der Waals surface area (Å²) >= 11 is 0. The Morgan fingerprint density at radius 2 is 2.12 bits per heavy atom. The Labute approximate surface area is 146 Å². The highest BCUT2D eigenvalue weighted by Crippen LogP contribution is 2.30. The number of carbonyl (C=O) groups excluding carboxylic acids is 3. The number of amides is 2. The molecular formula is C18H24N2O5. The molecule has 0 aromatic carbocycles. The first-order valence-corrected chi connectivity index (χ1v) is 8.89. The van der Waals surface area contributed by atoms with Crippen molar-refractivity contribution in [1.82, 2.24) is 10.2 Å². The molecule has 1 aromatic rings. The maximum absolute atomic E-state index is 12.9. The van der Waals surface area contributed by atoms with Gasteiger partial charge in [-0.1, -0.05) is 0 Å². The fourth-order valence-corrected chi connectivity index (χ4v) is 3.62. The van der Waals surface area contributed by atoms with Crippen molar-refractivity contribution >= 4 is 17.8 Å². The van der Waals surface area contributed by atoms with Crippen LogP contribution in [0.2, 0.25) is 0 Å². The first kappa shape index (κ1) is 17.5. The Morgan fingerprint density at radius 1 is 1.32 bits per heavy atom. The molecule has 1 aliphatic heterocycles. The van der Waals surface area contributed by atoms with Crippen molar-refractivity contribution in [2.75, 3.05) is 19.7 Å². The number of carbonyl (C=O) groups is 3. The van der Waals surface area contributed by atoms with Gasteiger partial charge in [0.2, 0.25) is 0 Å². The van der Waals surface area contributed by atoms with E-state index in [2.05, 4.69) is 5.32 Å². The van der Waals surface area contributed by atoms with Crippen LogP contribution in [0.3, 0.4) is 0 Å². The molecule has 3 rings (SSSR count). The molecule has 0 unspecified atom stereocenters. The molecule has 0 bridgehead atoms. The summed E-state index contributed by atoms with van der Waals surface area (Å²) in [6.45, 7) is 4.86. The smallest absolute Gasteiger partial charge is 0.407 e. The number of ether oxygens (including phenoxy) is 1. The lowest BCUT2D eigenvalue weighted by Gasteiger charge is -2.32. The Hall–Kier alpha value is -2.31. The molecule has 136 valence electrons. The maximum atomic E-state index is 12.9. The van der Waals surface area contributed by atoms with Crippen LogP contribution in [-0.2, 0) is 11.2 Å². The van der Waals surface area contributed by atoms with Crippen LogP contribution in [0.25, 0.3) is 0 Å². The zero-order valence-corrected chi connectivity index (χ0v) is 14.7. The Bertz CT molecular complexity index is 694. The second-order valence-corrected chi connectivity index (χ2v) is 6.59. The van der Waals surface area contributed by atoms with E-state index in [0.29, 0.717) is 49.4 Å². The number of furan rings is 1. The third-order valence-electron chi connectivity index (χ3n) is 4.81. The molecule has 7 heteroatoms. The minimum absolute atomic E-state index is 0.0575. The summed E-state index contributed by atoms with van der Waals surface area (Å²) in [5, 5.41) is 2.79. The van der Waals surface area contributed by atoms with Gasteiger partial charge in [0.05, 0.1) is 12.2 Å². The monoisotopic (exact) mass is 348 g/mol. The molecule has 0 spiro atoms. The lowest BCUT2D eigenvalue weighted by atomic mass is 9.94. The van der Waals surface area contributed by atoms with Crippen LogP contribution in [-0.4, -0.2) is 48.4 Å². The van der Waals surface area contributed by atoms with Crippen LogP contribution < -0.4 is 5.32 Å². The van der Waals surface area contributed by atoms with E-state index in [9.17, 15) is 14.4 Å². The first-order valence-electron chi connectivity index (χ1n) is 8.89. The molecule has 1 aromatic heterocycles. The number of alkyl carbamates (subject to hydrolysis) is 1. The van der Waals surface area contributed by atoms with E-state index in [0.717, 1.165) is 19.3 Å². The van der Waals surface area contributed by atoms with Crippen molar-refractivity contribution in [3.63, 3.8) is 0 Å². The summed E-state index contributed by atoms with van der Waals surface area (Å²) in [5.41, 5.74) is 1.23. The summed E-state index contributed by atoms with van der Waals surface area (Å²) in [6.07, 6.45) is 3.10. The van der Waals surface area contributed by atoms with E-state index < -0.39 is 6.09 Å². The van der Waals surface area contributed by atoms with Crippen molar-refractivity contribution in [2.24, 2.45) is 0 Å². The highest BCUT2D eigenvalue weighted by molar-refractivity contribution is 6.03. The molecule has 1 fully saturated rings. The highest BCUT2D eigenvalue weighted by atomic mass is 16.5. The number of hydrogen-bond acceptors (Lipinski definition) is 5. The molecule has 1 atom stereocenters. The quantitative estimate of drug-likeness (QED) is 0.906. The standard InChI is InChI=1S/C18H24N2O5/c1-3-24-18(23)19-12-6-5-9-20(10-12)17(22)16-11(2)15-13(21)7-4-8-14(15)25-16/h12H,3-10H2,1-2H3,(H,19,23)/t12-/m0/s1. The van der Waals surface area contributed by atoms with Crippen LogP contribution in [0.15, 0.2) is 4.42 Å². The molecular weight excluding hydrogens is 324 g/mol. The number of nitrogens with zero attached hydrogens (tertiary/aromatic N) is 1. The molecule has 1 aliphatic carbocycles. The molecule has 2 heterocycles. The van der Waals surface area contributed by atoms with E-state index in [-0.39, 0.29) is 23.5 Å². The number of fused-ring (bicyclic) bond motifs is 1. The van der Waals surface area contributed by atoms with Crippen molar-refractivity contribution in [2.45, 2.75) is 52.0 Å². The molecule has 1 N–H and O–H groups in total. The third-order valence-corrected chi connectivity index (χ3v) is 4.81. The molecule has 2 aliphatic rings. The zero-order chi connectivity index (χ0) is 18.0. The highest BCUT2D eigenvalue weighted by Gasteiger charge is 2.33. The number of rotatable bonds is 3. The number of piperidine rings is 1. The van der Waals surface area contributed by atoms with Gasteiger partial charge in [-0.2, -0.15) is 0 Å². The van der Waals surface area contributed by atoms with Gasteiger partial charge in [-0.3, -0.25) is 9.59 Å². The van der Waals surface area contributed by atoms with Gasteiger partial charge in [-0.25, -0.2) is 4.79 Å². The Kier molecular flexibility index (Phi) is 5.11. The molecule has 0 radical (unpaired) electrons. The van der Waals surface area contributed by atoms with Gasteiger partial charge in [-0.15, -0.1) is 0 Å². The lowest BCUT2D eigenvalue weighted by molar-refractivity contribution is 0.0651. The second-order valence-electron chi connectivity index (χ2n) is 6.59. The van der Waals surface area contributed by atoms with Gasteiger partial charge in [0, 0.05) is 37.5 Å². The third kappa shape index (κ3) is 3.55. The number of likely N-dealkylation sites (tertiary alicyclic amines) is 1. The number of aryl methyl sites for hydroxylation is 1. The number of ketones is 1. The SMILES string of the molecule is CCOC(=O)N[C@H]1CCCN(C(=O)c2oc3c(c2C)C(=O)CCC3)C1. The van der Waals surface area contributed by atoms with E-state index in [1.807, 2.05) is 0 Å². The second kappa shape index (κ2) is 7.29. The average molecular weight is 348 g/mol. The summed E-state index contributed by atoms with van der Waals surface area (Å²) in [6, 6.07) is -0.136. The summed E-state index contributed by atoms with van der Waals surface area (Å²) in [5.74, 6) is 0.740. The summed E-state index contributed by atoms with van der Waals surface area (Å²) < 4.78 is 10.7. The summed E-state index contributed by atoms with van der Waals surface area (Å²) in [4.78, 5) is 38.3. The predicted octanol–water partition coefficient (Wildman–Crippen LogP) is 2.46. The van der Waals surface area contributed by atoms with E-state index in [1.54, 1.807) is 18.7 Å². The average Bonchev–Trinajstić information content (AvgIpc) is 2.93. The van der Waals surface area contributed by atoms with Crippen LogP contribution >= 0.6 is 0 Å². The topological polar surface area (TPSA) is 88.8 Å². The van der Waals surface area contributed by atoms with Gasteiger partial charge >= 0.3 is 6.09 Å². The lowest BCUT2D eigenvalue weighted by Crippen LogP contribution is -2.49. The van der Waals surface area contributed by atoms with Crippen molar-refractivity contribution in [3.8, 4) is 0 Å². The van der Waals surface area contributed by atoms with E-state index in [1.165, 1.54) is 0 Å². The van der Waals surface area contributed by atoms with Crippen molar-refractivity contribution < 1.29 is 23.5 Å². The van der Waals surface area contributed by atoms with Gasteiger partial charge in [0.25, 0.3) is 5.91 Å². The normalized spacial score (nSPS) is 20.2. The number of Topliss-reactive ketones (excluding diaryl/α,β-unsaturated/α-hetero) is 1. The van der Waals surface area contributed by atoms with Crippen molar-refractivity contribution in [3.05, 3.63) is 22.6 Å². The maximum Gasteiger partial charge on any atom is 0.407 e. The largest absolute Gasteiger partial charge is 0.455 e. The van der Waals surface area contributed by atoms with Crippen LogP contribution in [0.4, 0.5) is 4.79 Å². The van der Waals surface area contributed by atoms with Gasteiger partial charge in [0.15, 0.2) is 11.5 Å². The molecule has 0 saturated carbocycles. The van der Waals surface area contributed by atoms with Crippen molar-refractivity contribution in [1.29, 1.82) is 0 Å². The Morgan fingerprint density at radius 3 is 2.84 bits per heavy atom. The van der Waals surface area contributed by atoms with E-state index >= 15 is 0 Å². The molecule has 25 heavy (non-hydrogen) atoms. The predicted molar refractivity (Wildman–Crippen MR) is 89.8 cm³/mol. The van der Waals surface area contributed by atoms with Gasteiger partial charge in [-0.05, 0) is 33.1 Å². The fourth-order valence-electron chi connectivity index (χ4n) is 3.62.